The molecule has 0 bridgehead atoms. The van der Waals surface area contributed by atoms with Crippen LogP contribution in [0.1, 0.15) is 65.2 Å². The van der Waals surface area contributed by atoms with Crippen LogP contribution in [0.5, 0.6) is 0 Å². The molecule has 2 aliphatic carbocycles. The molecule has 2 aliphatic rings. The second-order valence-corrected chi connectivity index (χ2v) is 7.28. The third-order valence-electron chi connectivity index (χ3n) is 5.61. The van der Waals surface area contributed by atoms with Gasteiger partial charge in [0, 0.05) is 6.04 Å². The van der Waals surface area contributed by atoms with Crippen molar-refractivity contribution in [2.75, 3.05) is 6.54 Å². The smallest absolute Gasteiger partial charge is 0.314 e. The molecule has 21 heavy (non-hydrogen) atoms. The van der Waals surface area contributed by atoms with Crippen LogP contribution in [0, 0.1) is 23.7 Å². The SMILES string of the molecule is CCNC(C1CCCC(C)C1)C1CCCC(C(F)(F)F)C1. The van der Waals surface area contributed by atoms with Crippen molar-refractivity contribution in [3.63, 3.8) is 0 Å². The minimum atomic E-state index is -4.00. The number of hydrogen-bond acceptors (Lipinski definition) is 1. The van der Waals surface area contributed by atoms with E-state index < -0.39 is 12.1 Å². The lowest BCUT2D eigenvalue weighted by Gasteiger charge is -2.42. The van der Waals surface area contributed by atoms with Gasteiger partial charge in [0.15, 0.2) is 0 Å². The first-order valence-electron chi connectivity index (χ1n) is 8.71. The lowest BCUT2D eigenvalue weighted by molar-refractivity contribution is -0.187. The van der Waals surface area contributed by atoms with Crippen molar-refractivity contribution in [2.45, 2.75) is 77.4 Å². The van der Waals surface area contributed by atoms with Gasteiger partial charge in [-0.3, -0.25) is 0 Å². The molecule has 0 radical (unpaired) electrons. The normalized spacial score (nSPS) is 36.4. The van der Waals surface area contributed by atoms with Gasteiger partial charge < -0.3 is 5.32 Å². The molecule has 0 aliphatic heterocycles. The van der Waals surface area contributed by atoms with Gasteiger partial charge in [-0.05, 0) is 56.4 Å². The van der Waals surface area contributed by atoms with E-state index in [4.69, 9.17) is 0 Å². The monoisotopic (exact) mass is 305 g/mol. The minimum absolute atomic E-state index is 0.209. The molecule has 0 aromatic rings. The highest BCUT2D eigenvalue weighted by atomic mass is 19.4. The van der Waals surface area contributed by atoms with E-state index >= 15 is 0 Å². The van der Waals surface area contributed by atoms with Crippen LogP contribution >= 0.6 is 0 Å². The molecular weight excluding hydrogens is 275 g/mol. The average Bonchev–Trinajstić information content (AvgIpc) is 2.44. The lowest BCUT2D eigenvalue weighted by Crippen LogP contribution is -2.46. The lowest BCUT2D eigenvalue weighted by atomic mass is 9.69. The maximum Gasteiger partial charge on any atom is 0.391 e. The quantitative estimate of drug-likeness (QED) is 0.756. The summed E-state index contributed by atoms with van der Waals surface area (Å²) in [4.78, 5) is 0. The number of hydrogen-bond donors (Lipinski definition) is 1. The van der Waals surface area contributed by atoms with Crippen molar-refractivity contribution >= 4 is 0 Å². The molecule has 1 nitrogen and oxygen atoms in total. The Hall–Kier alpha value is -0.250. The average molecular weight is 305 g/mol. The number of halogens is 3. The second kappa shape index (κ2) is 7.34. The zero-order valence-corrected chi connectivity index (χ0v) is 13.4. The molecule has 0 aromatic heterocycles. The standard InChI is InChI=1S/C17H30F3N/c1-3-21-16(13-7-4-6-12(2)10-13)14-8-5-9-15(11-14)17(18,19)20/h12-16,21H,3-11H2,1-2H3. The number of nitrogens with one attached hydrogen (secondary N) is 1. The van der Waals surface area contributed by atoms with Gasteiger partial charge >= 0.3 is 6.18 Å². The van der Waals surface area contributed by atoms with Crippen LogP contribution in [0.4, 0.5) is 13.2 Å². The highest BCUT2D eigenvalue weighted by Gasteiger charge is 2.44. The third kappa shape index (κ3) is 4.61. The zero-order chi connectivity index (χ0) is 15.5. The summed E-state index contributed by atoms with van der Waals surface area (Å²) < 4.78 is 39.1. The number of alkyl halides is 3. The van der Waals surface area contributed by atoms with Gasteiger partial charge in [0.1, 0.15) is 0 Å². The Kier molecular flexibility index (Phi) is 5.98. The molecule has 0 aromatic carbocycles. The molecule has 5 atom stereocenters. The maximum atomic E-state index is 13.0. The molecule has 5 unspecified atom stereocenters. The van der Waals surface area contributed by atoms with Gasteiger partial charge in [-0.25, -0.2) is 0 Å². The van der Waals surface area contributed by atoms with E-state index in [9.17, 15) is 13.2 Å². The minimum Gasteiger partial charge on any atom is -0.314 e. The Morgan fingerprint density at radius 1 is 1.00 bits per heavy atom. The molecule has 0 amide bonds. The molecule has 4 heteroatoms. The number of rotatable bonds is 4. The van der Waals surface area contributed by atoms with Gasteiger partial charge in [0.05, 0.1) is 5.92 Å². The summed E-state index contributed by atoms with van der Waals surface area (Å²) in [5.74, 6) is 0.441. The Morgan fingerprint density at radius 2 is 1.62 bits per heavy atom. The van der Waals surface area contributed by atoms with Crippen LogP contribution in [0.3, 0.4) is 0 Å². The van der Waals surface area contributed by atoms with E-state index in [1.165, 1.54) is 25.7 Å². The molecule has 0 saturated heterocycles. The van der Waals surface area contributed by atoms with Gasteiger partial charge in [-0.1, -0.05) is 33.1 Å². The first kappa shape index (κ1) is 17.1. The second-order valence-electron chi connectivity index (χ2n) is 7.28. The fourth-order valence-corrected chi connectivity index (χ4v) is 4.61. The van der Waals surface area contributed by atoms with Gasteiger partial charge in [-0.2, -0.15) is 13.2 Å². The van der Waals surface area contributed by atoms with Crippen molar-refractivity contribution in [3.05, 3.63) is 0 Å². The Bertz CT molecular complexity index is 316. The van der Waals surface area contributed by atoms with Crippen molar-refractivity contribution in [3.8, 4) is 0 Å². The van der Waals surface area contributed by atoms with E-state index in [0.717, 1.165) is 25.3 Å². The first-order valence-corrected chi connectivity index (χ1v) is 8.71. The Morgan fingerprint density at radius 3 is 2.19 bits per heavy atom. The van der Waals surface area contributed by atoms with Crippen molar-refractivity contribution in [2.24, 2.45) is 23.7 Å². The molecule has 124 valence electrons. The van der Waals surface area contributed by atoms with Gasteiger partial charge in [0.25, 0.3) is 0 Å². The first-order chi connectivity index (χ1) is 9.91. The summed E-state index contributed by atoms with van der Waals surface area (Å²) in [7, 11) is 0. The zero-order valence-electron chi connectivity index (χ0n) is 13.4. The molecular formula is C17H30F3N. The van der Waals surface area contributed by atoms with Gasteiger partial charge in [-0.15, -0.1) is 0 Å². The predicted octanol–water partition coefficient (Wildman–Crippen LogP) is 5.16. The van der Waals surface area contributed by atoms with E-state index in [1.807, 2.05) is 0 Å². The fourth-order valence-electron chi connectivity index (χ4n) is 4.61. The summed E-state index contributed by atoms with van der Waals surface area (Å²) in [6.07, 6.45) is 3.27. The molecule has 0 heterocycles. The third-order valence-corrected chi connectivity index (χ3v) is 5.61. The Balaban J connectivity index is 2.03. The van der Waals surface area contributed by atoms with E-state index in [2.05, 4.69) is 19.2 Å². The van der Waals surface area contributed by atoms with E-state index in [-0.39, 0.29) is 5.92 Å². The highest BCUT2D eigenvalue weighted by molar-refractivity contribution is 4.90. The molecule has 1 N–H and O–H groups in total. The predicted molar refractivity (Wildman–Crippen MR) is 80.1 cm³/mol. The van der Waals surface area contributed by atoms with Crippen molar-refractivity contribution < 1.29 is 13.2 Å². The highest BCUT2D eigenvalue weighted by Crippen LogP contribution is 2.43. The molecule has 2 rings (SSSR count). The summed E-state index contributed by atoms with van der Waals surface area (Å²) in [6, 6.07) is 0.294. The van der Waals surface area contributed by atoms with Crippen molar-refractivity contribution in [1.82, 2.24) is 5.32 Å². The Labute approximate surface area is 127 Å². The van der Waals surface area contributed by atoms with Crippen LogP contribution in [-0.4, -0.2) is 18.8 Å². The van der Waals surface area contributed by atoms with E-state index in [0.29, 0.717) is 24.8 Å². The van der Waals surface area contributed by atoms with Crippen LogP contribution in [0.25, 0.3) is 0 Å². The topological polar surface area (TPSA) is 12.0 Å². The summed E-state index contributed by atoms with van der Waals surface area (Å²) in [6.45, 7) is 5.22. The van der Waals surface area contributed by atoms with E-state index in [1.54, 1.807) is 0 Å². The summed E-state index contributed by atoms with van der Waals surface area (Å²) in [5.41, 5.74) is 0. The van der Waals surface area contributed by atoms with Crippen LogP contribution in [0.2, 0.25) is 0 Å². The van der Waals surface area contributed by atoms with Crippen LogP contribution in [0.15, 0.2) is 0 Å². The van der Waals surface area contributed by atoms with Gasteiger partial charge in [0.2, 0.25) is 0 Å². The van der Waals surface area contributed by atoms with Crippen LogP contribution < -0.4 is 5.32 Å². The summed E-state index contributed by atoms with van der Waals surface area (Å²) in [5, 5.41) is 3.55. The molecule has 2 fully saturated rings. The largest absolute Gasteiger partial charge is 0.391 e. The molecule has 2 saturated carbocycles. The summed E-state index contributed by atoms with van der Waals surface area (Å²) >= 11 is 0. The molecule has 0 spiro atoms. The maximum absolute atomic E-state index is 13.0. The fraction of sp³-hybridized carbons (Fsp3) is 1.00. The van der Waals surface area contributed by atoms with Crippen molar-refractivity contribution in [1.29, 1.82) is 0 Å². The van der Waals surface area contributed by atoms with Crippen LogP contribution in [-0.2, 0) is 0 Å².